The van der Waals surface area contributed by atoms with Gasteiger partial charge in [0, 0.05) is 0 Å². The monoisotopic (exact) mass is 438 g/mol. The molecule has 0 N–H and O–H groups in total. The number of esters is 1. The number of hydrogen-bond donors (Lipinski definition) is 0. The summed E-state index contributed by atoms with van der Waals surface area (Å²) in [5.41, 5.74) is 1.60. The summed E-state index contributed by atoms with van der Waals surface area (Å²) in [5, 5.41) is 10.2. The van der Waals surface area contributed by atoms with Crippen molar-refractivity contribution in [2.24, 2.45) is 0 Å². The minimum atomic E-state index is -0.831. The molecule has 0 saturated carbocycles. The van der Waals surface area contributed by atoms with Gasteiger partial charge in [0.15, 0.2) is 0 Å². The van der Waals surface area contributed by atoms with E-state index in [1.807, 2.05) is 75.4 Å². The van der Waals surface area contributed by atoms with Gasteiger partial charge in [-0.2, -0.15) is 5.26 Å². The Bertz CT molecular complexity index is 1020. The van der Waals surface area contributed by atoms with Gasteiger partial charge in [0.25, 0.3) is 0 Å². The SMILES string of the molecule is CC(C)(C)OC(=O)[C@H]1CC[C@@H](C#N)N1C(c1ccccc1)(c1ccccc1)c1ccccc1. The first-order chi connectivity index (χ1) is 15.9. The lowest BCUT2D eigenvalue weighted by atomic mass is 9.74. The van der Waals surface area contributed by atoms with E-state index in [1.165, 1.54) is 0 Å². The average molecular weight is 439 g/mol. The summed E-state index contributed by atoms with van der Waals surface area (Å²) in [7, 11) is 0. The van der Waals surface area contributed by atoms with Crippen LogP contribution in [0.4, 0.5) is 0 Å². The molecule has 1 heterocycles. The molecular formula is C29H30N2O2. The quantitative estimate of drug-likeness (QED) is 0.380. The number of benzene rings is 3. The molecule has 1 aliphatic rings. The van der Waals surface area contributed by atoms with Gasteiger partial charge in [-0.05, 0) is 50.3 Å². The van der Waals surface area contributed by atoms with Crippen molar-refractivity contribution in [3.05, 3.63) is 108 Å². The van der Waals surface area contributed by atoms with E-state index in [2.05, 4.69) is 47.4 Å². The molecule has 4 rings (SSSR count). The number of nitrogens with zero attached hydrogens (tertiary/aromatic N) is 2. The molecular weight excluding hydrogens is 408 g/mol. The third-order valence-electron chi connectivity index (χ3n) is 6.17. The summed E-state index contributed by atoms with van der Waals surface area (Å²) in [6, 6.07) is 32.0. The predicted octanol–water partition coefficient (Wildman–Crippen LogP) is 5.68. The second-order valence-electron chi connectivity index (χ2n) is 9.49. The Kier molecular flexibility index (Phi) is 6.35. The van der Waals surface area contributed by atoms with Gasteiger partial charge in [0.05, 0.1) is 17.6 Å². The van der Waals surface area contributed by atoms with E-state index in [0.29, 0.717) is 12.8 Å². The maximum absolute atomic E-state index is 13.5. The zero-order valence-corrected chi connectivity index (χ0v) is 19.4. The van der Waals surface area contributed by atoms with Crippen LogP contribution in [0.2, 0.25) is 0 Å². The molecule has 4 nitrogen and oxygen atoms in total. The summed E-state index contributed by atoms with van der Waals surface area (Å²) < 4.78 is 5.86. The van der Waals surface area contributed by atoms with Crippen molar-refractivity contribution < 1.29 is 9.53 Å². The van der Waals surface area contributed by atoms with Crippen molar-refractivity contribution in [1.29, 1.82) is 5.26 Å². The van der Waals surface area contributed by atoms with Crippen molar-refractivity contribution in [3.63, 3.8) is 0 Å². The highest BCUT2D eigenvalue weighted by Crippen LogP contribution is 2.48. The molecule has 0 amide bonds. The third kappa shape index (κ3) is 4.29. The Morgan fingerprint density at radius 1 is 0.818 bits per heavy atom. The van der Waals surface area contributed by atoms with Crippen molar-refractivity contribution in [2.75, 3.05) is 0 Å². The summed E-state index contributed by atoms with van der Waals surface area (Å²) in [4.78, 5) is 15.6. The van der Waals surface area contributed by atoms with Crippen LogP contribution < -0.4 is 0 Å². The van der Waals surface area contributed by atoms with Crippen molar-refractivity contribution in [1.82, 2.24) is 4.90 Å². The number of carbonyl (C=O) groups excluding carboxylic acids is 1. The van der Waals surface area contributed by atoms with Gasteiger partial charge in [0.2, 0.25) is 0 Å². The Balaban J connectivity index is 2.03. The van der Waals surface area contributed by atoms with Gasteiger partial charge in [-0.1, -0.05) is 91.0 Å². The number of carbonyl (C=O) groups is 1. The summed E-state index contributed by atoms with van der Waals surface area (Å²) in [6.07, 6.45) is 1.18. The van der Waals surface area contributed by atoms with Crippen LogP contribution in [0.3, 0.4) is 0 Å². The fraction of sp³-hybridized carbons (Fsp3) is 0.310. The number of likely N-dealkylation sites (tertiary alicyclic amines) is 1. The number of nitriles is 1. The zero-order chi connectivity index (χ0) is 23.5. The normalized spacial score (nSPS) is 19.1. The van der Waals surface area contributed by atoms with Gasteiger partial charge >= 0.3 is 5.97 Å². The standard InChI is InChI=1S/C29H30N2O2/c1-28(2,3)33-27(32)26-20-19-25(21-30)31(26)29(22-13-7-4-8-14-22,23-15-9-5-10-16-23)24-17-11-6-12-18-24/h4-18,25-26H,19-20H2,1-3H3/t25-,26+/m0/s1. The Hall–Kier alpha value is -3.42. The molecule has 4 heteroatoms. The molecule has 168 valence electrons. The Labute approximate surface area is 196 Å². The molecule has 1 saturated heterocycles. The van der Waals surface area contributed by atoms with Crippen LogP contribution in [0.1, 0.15) is 50.3 Å². The van der Waals surface area contributed by atoms with Gasteiger partial charge in [-0.25, -0.2) is 0 Å². The van der Waals surface area contributed by atoms with Crippen LogP contribution in [0.5, 0.6) is 0 Å². The molecule has 2 atom stereocenters. The molecule has 1 aliphatic heterocycles. The van der Waals surface area contributed by atoms with Gasteiger partial charge < -0.3 is 4.74 Å². The van der Waals surface area contributed by atoms with E-state index in [1.54, 1.807) is 0 Å². The molecule has 3 aromatic carbocycles. The van der Waals surface area contributed by atoms with Crippen molar-refractivity contribution in [3.8, 4) is 6.07 Å². The van der Waals surface area contributed by atoms with Crippen LogP contribution in [-0.4, -0.2) is 28.6 Å². The third-order valence-corrected chi connectivity index (χ3v) is 6.17. The molecule has 0 aromatic heterocycles. The van der Waals surface area contributed by atoms with Crippen molar-refractivity contribution >= 4 is 5.97 Å². The lowest BCUT2D eigenvalue weighted by Crippen LogP contribution is -2.56. The van der Waals surface area contributed by atoms with Gasteiger partial charge in [-0.3, -0.25) is 9.69 Å². The lowest BCUT2D eigenvalue weighted by Gasteiger charge is -2.47. The maximum Gasteiger partial charge on any atom is 0.323 e. The number of ether oxygens (including phenoxy) is 1. The van der Waals surface area contributed by atoms with Crippen LogP contribution in [0.15, 0.2) is 91.0 Å². The first-order valence-corrected chi connectivity index (χ1v) is 11.5. The van der Waals surface area contributed by atoms with Crippen LogP contribution >= 0.6 is 0 Å². The minimum absolute atomic E-state index is 0.285. The van der Waals surface area contributed by atoms with Crippen LogP contribution in [0, 0.1) is 11.3 Å². The first kappa shape index (κ1) is 22.8. The van der Waals surface area contributed by atoms with Crippen LogP contribution in [-0.2, 0) is 15.1 Å². The Morgan fingerprint density at radius 2 is 1.24 bits per heavy atom. The fourth-order valence-corrected chi connectivity index (χ4v) is 4.99. The highest BCUT2D eigenvalue weighted by Gasteiger charge is 2.53. The Morgan fingerprint density at radius 3 is 1.61 bits per heavy atom. The molecule has 1 fully saturated rings. The molecule has 0 aliphatic carbocycles. The highest BCUT2D eigenvalue weighted by molar-refractivity contribution is 5.77. The second-order valence-corrected chi connectivity index (χ2v) is 9.49. The predicted molar refractivity (Wildman–Crippen MR) is 129 cm³/mol. The van der Waals surface area contributed by atoms with Gasteiger partial charge in [0.1, 0.15) is 11.6 Å². The smallest absolute Gasteiger partial charge is 0.323 e. The van der Waals surface area contributed by atoms with Crippen molar-refractivity contribution in [2.45, 2.75) is 56.8 Å². The molecule has 0 spiro atoms. The lowest BCUT2D eigenvalue weighted by molar-refractivity contribution is -0.162. The highest BCUT2D eigenvalue weighted by atomic mass is 16.6. The first-order valence-electron chi connectivity index (χ1n) is 11.5. The summed E-state index contributed by atoms with van der Waals surface area (Å²) in [5.74, 6) is -0.285. The van der Waals surface area contributed by atoms with E-state index in [4.69, 9.17) is 4.74 Å². The summed E-state index contributed by atoms with van der Waals surface area (Å²) >= 11 is 0. The van der Waals surface area contributed by atoms with E-state index in [0.717, 1.165) is 16.7 Å². The van der Waals surface area contributed by atoms with E-state index in [-0.39, 0.29) is 5.97 Å². The molecule has 0 bridgehead atoms. The molecule has 33 heavy (non-hydrogen) atoms. The second kappa shape index (κ2) is 9.21. The fourth-order valence-electron chi connectivity index (χ4n) is 4.99. The average Bonchev–Trinajstić information content (AvgIpc) is 3.25. The van der Waals surface area contributed by atoms with Crippen LogP contribution in [0.25, 0.3) is 0 Å². The molecule has 0 radical (unpaired) electrons. The minimum Gasteiger partial charge on any atom is -0.459 e. The molecule has 3 aromatic rings. The van der Waals surface area contributed by atoms with E-state index < -0.39 is 23.2 Å². The van der Waals surface area contributed by atoms with E-state index in [9.17, 15) is 10.1 Å². The topological polar surface area (TPSA) is 53.3 Å². The zero-order valence-electron chi connectivity index (χ0n) is 19.4. The van der Waals surface area contributed by atoms with Gasteiger partial charge in [-0.15, -0.1) is 0 Å². The maximum atomic E-state index is 13.5. The number of hydrogen-bond acceptors (Lipinski definition) is 4. The summed E-state index contributed by atoms with van der Waals surface area (Å²) in [6.45, 7) is 5.64. The number of rotatable bonds is 5. The largest absolute Gasteiger partial charge is 0.459 e. The molecule has 0 unspecified atom stereocenters. The van der Waals surface area contributed by atoms with E-state index >= 15 is 0 Å².